The van der Waals surface area contributed by atoms with Crippen LogP contribution in [0.1, 0.15) is 5.56 Å². The highest BCUT2D eigenvalue weighted by molar-refractivity contribution is 7.90. The Bertz CT molecular complexity index is 839. The number of aliphatic imine (C=N–C) groups is 1. The van der Waals surface area contributed by atoms with Gasteiger partial charge >= 0.3 is 0 Å². The molecule has 6 nitrogen and oxygen atoms in total. The average Bonchev–Trinajstić information content (AvgIpc) is 2.62. The van der Waals surface area contributed by atoms with Gasteiger partial charge in [0.1, 0.15) is 0 Å². The van der Waals surface area contributed by atoms with Gasteiger partial charge in [0, 0.05) is 11.6 Å². The van der Waals surface area contributed by atoms with Gasteiger partial charge in [-0.05, 0) is 36.2 Å². The third-order valence-corrected chi connectivity index (χ3v) is 5.42. The molecule has 0 saturated heterocycles. The second-order valence-electron chi connectivity index (χ2n) is 5.67. The summed E-state index contributed by atoms with van der Waals surface area (Å²) < 4.78 is 27.1. The molecule has 1 aliphatic rings. The minimum atomic E-state index is -3.67. The van der Waals surface area contributed by atoms with Gasteiger partial charge in [0.2, 0.25) is 5.96 Å². The average molecular weight is 379 g/mol. The zero-order valence-corrected chi connectivity index (χ0v) is 15.1. The van der Waals surface area contributed by atoms with Crippen LogP contribution >= 0.6 is 11.6 Å². The second-order valence-corrected chi connectivity index (χ2v) is 7.79. The highest BCUT2D eigenvalue weighted by Crippen LogP contribution is 2.14. The van der Waals surface area contributed by atoms with Crippen LogP contribution in [-0.2, 0) is 16.4 Å². The molecule has 0 spiro atoms. The van der Waals surface area contributed by atoms with Crippen LogP contribution in [-0.4, -0.2) is 39.2 Å². The van der Waals surface area contributed by atoms with Crippen molar-refractivity contribution in [3.8, 4) is 0 Å². The molecule has 1 heterocycles. The lowest BCUT2D eigenvalue weighted by Crippen LogP contribution is -2.50. The van der Waals surface area contributed by atoms with E-state index in [0.29, 0.717) is 18.4 Å². The maximum atomic E-state index is 12.3. The summed E-state index contributed by atoms with van der Waals surface area (Å²) in [7, 11) is -3.67. The maximum absolute atomic E-state index is 12.3. The minimum absolute atomic E-state index is 0.146. The van der Waals surface area contributed by atoms with E-state index >= 15 is 0 Å². The number of sulfonamides is 1. The van der Waals surface area contributed by atoms with Crippen LogP contribution < -0.4 is 10.0 Å². The van der Waals surface area contributed by atoms with Crippen molar-refractivity contribution in [2.45, 2.75) is 11.3 Å². The molecule has 0 atom stereocenters. The van der Waals surface area contributed by atoms with Crippen molar-refractivity contribution in [2.24, 2.45) is 4.99 Å². The molecule has 2 aromatic carbocycles. The maximum Gasteiger partial charge on any atom is 0.264 e. The Morgan fingerprint density at radius 2 is 1.84 bits per heavy atom. The quantitative estimate of drug-likeness (QED) is 0.835. The molecule has 3 rings (SSSR count). The van der Waals surface area contributed by atoms with Gasteiger partial charge in [-0.2, -0.15) is 0 Å². The van der Waals surface area contributed by atoms with Crippen molar-refractivity contribution in [1.29, 1.82) is 0 Å². The Hall–Kier alpha value is -2.09. The van der Waals surface area contributed by atoms with Crippen molar-refractivity contribution in [3.63, 3.8) is 0 Å². The number of hydrogen-bond donors (Lipinski definition) is 2. The summed E-state index contributed by atoms with van der Waals surface area (Å²) >= 11 is 5.79. The SMILES string of the molecule is O=S(=O)(NC1=NCN(CCc2ccccc2)CN1)c1ccc(Cl)cc1. The number of nitrogens with zero attached hydrogens (tertiary/aromatic N) is 2. The summed E-state index contributed by atoms with van der Waals surface area (Å²) in [5.74, 6) is 0.255. The molecule has 132 valence electrons. The Kier molecular flexibility index (Phi) is 5.57. The van der Waals surface area contributed by atoms with Crippen LogP contribution in [0.3, 0.4) is 0 Å². The first-order valence-electron chi connectivity index (χ1n) is 7.86. The molecular formula is C17H19ClN4O2S. The smallest absolute Gasteiger partial charge is 0.264 e. The van der Waals surface area contributed by atoms with Crippen LogP contribution in [0.2, 0.25) is 5.02 Å². The van der Waals surface area contributed by atoms with Crippen molar-refractivity contribution >= 4 is 27.6 Å². The molecular weight excluding hydrogens is 360 g/mol. The predicted molar refractivity (Wildman–Crippen MR) is 98.9 cm³/mol. The Balaban J connectivity index is 1.55. The molecule has 0 bridgehead atoms. The number of hydrogen-bond acceptors (Lipinski definition) is 5. The number of rotatable bonds is 5. The molecule has 0 fully saturated rings. The summed E-state index contributed by atoms with van der Waals surface area (Å²) in [5, 5.41) is 3.49. The zero-order valence-electron chi connectivity index (χ0n) is 13.5. The summed E-state index contributed by atoms with van der Waals surface area (Å²) in [4.78, 5) is 6.52. The summed E-state index contributed by atoms with van der Waals surface area (Å²) in [6, 6.07) is 16.2. The van der Waals surface area contributed by atoms with E-state index in [1.54, 1.807) is 0 Å². The predicted octanol–water partition coefficient (Wildman–Crippen LogP) is 2.04. The van der Waals surface area contributed by atoms with Gasteiger partial charge in [-0.1, -0.05) is 41.9 Å². The third kappa shape index (κ3) is 4.94. The molecule has 0 amide bonds. The summed E-state index contributed by atoms with van der Waals surface area (Å²) in [6.45, 7) is 1.82. The lowest BCUT2D eigenvalue weighted by Gasteiger charge is -2.26. The molecule has 8 heteroatoms. The van der Waals surface area contributed by atoms with Crippen molar-refractivity contribution in [1.82, 2.24) is 14.9 Å². The fourth-order valence-electron chi connectivity index (χ4n) is 2.41. The summed E-state index contributed by atoms with van der Waals surface area (Å²) in [6.07, 6.45) is 0.921. The number of benzene rings is 2. The Morgan fingerprint density at radius 1 is 1.12 bits per heavy atom. The minimum Gasteiger partial charge on any atom is -0.343 e. The molecule has 0 saturated carbocycles. The first-order chi connectivity index (χ1) is 12.0. The van der Waals surface area contributed by atoms with Gasteiger partial charge in [0.15, 0.2) is 0 Å². The molecule has 0 aromatic heterocycles. The number of halogens is 1. The van der Waals surface area contributed by atoms with E-state index in [1.165, 1.54) is 29.8 Å². The van der Waals surface area contributed by atoms with Crippen LogP contribution in [0.4, 0.5) is 0 Å². The summed E-state index contributed by atoms with van der Waals surface area (Å²) in [5.41, 5.74) is 1.26. The van der Waals surface area contributed by atoms with E-state index in [0.717, 1.165) is 13.0 Å². The van der Waals surface area contributed by atoms with E-state index < -0.39 is 10.0 Å². The van der Waals surface area contributed by atoms with Gasteiger partial charge in [0.05, 0.1) is 18.2 Å². The van der Waals surface area contributed by atoms with Crippen LogP contribution in [0.15, 0.2) is 64.5 Å². The van der Waals surface area contributed by atoms with Crippen LogP contribution in [0.25, 0.3) is 0 Å². The van der Waals surface area contributed by atoms with Gasteiger partial charge in [0.25, 0.3) is 10.0 Å². The van der Waals surface area contributed by atoms with E-state index in [9.17, 15) is 8.42 Å². The fraction of sp³-hybridized carbons (Fsp3) is 0.235. The second kappa shape index (κ2) is 7.86. The van der Waals surface area contributed by atoms with E-state index in [-0.39, 0.29) is 10.9 Å². The van der Waals surface area contributed by atoms with Crippen LogP contribution in [0, 0.1) is 0 Å². The third-order valence-electron chi connectivity index (χ3n) is 3.81. The highest BCUT2D eigenvalue weighted by atomic mass is 35.5. The standard InChI is InChI=1S/C17H19ClN4O2S/c18-15-6-8-16(9-7-15)25(23,24)21-17-19-12-22(13-20-17)11-10-14-4-2-1-3-5-14/h1-9H,10-13H2,(H2,19,20,21). The number of nitrogens with one attached hydrogen (secondary N) is 2. The first kappa shape index (κ1) is 17.7. The molecule has 25 heavy (non-hydrogen) atoms. The van der Waals surface area contributed by atoms with Crippen molar-refractivity contribution in [2.75, 3.05) is 19.9 Å². The molecule has 2 N–H and O–H groups in total. The van der Waals surface area contributed by atoms with Gasteiger partial charge in [-0.15, -0.1) is 0 Å². The molecule has 0 unspecified atom stereocenters. The normalized spacial score (nSPS) is 15.3. The van der Waals surface area contributed by atoms with E-state index in [1.807, 2.05) is 18.2 Å². The number of guanidine groups is 1. The lowest BCUT2D eigenvalue weighted by atomic mass is 10.1. The van der Waals surface area contributed by atoms with Gasteiger partial charge < -0.3 is 5.32 Å². The van der Waals surface area contributed by atoms with Gasteiger partial charge in [-0.3, -0.25) is 4.90 Å². The Morgan fingerprint density at radius 3 is 2.48 bits per heavy atom. The van der Waals surface area contributed by atoms with Gasteiger partial charge in [-0.25, -0.2) is 18.1 Å². The highest BCUT2D eigenvalue weighted by Gasteiger charge is 2.19. The lowest BCUT2D eigenvalue weighted by molar-refractivity contribution is 0.267. The molecule has 0 aliphatic carbocycles. The molecule has 0 radical (unpaired) electrons. The topological polar surface area (TPSA) is 73.8 Å². The monoisotopic (exact) mass is 378 g/mol. The molecule has 2 aromatic rings. The fourth-order valence-corrected chi connectivity index (χ4v) is 3.54. The zero-order chi connectivity index (χ0) is 17.7. The van der Waals surface area contributed by atoms with Crippen molar-refractivity contribution < 1.29 is 8.42 Å². The van der Waals surface area contributed by atoms with Crippen molar-refractivity contribution in [3.05, 3.63) is 65.2 Å². The van der Waals surface area contributed by atoms with Crippen LogP contribution in [0.5, 0.6) is 0 Å². The van der Waals surface area contributed by atoms with E-state index in [4.69, 9.17) is 11.6 Å². The molecule has 1 aliphatic heterocycles. The largest absolute Gasteiger partial charge is 0.343 e. The van der Waals surface area contributed by atoms with E-state index in [2.05, 4.69) is 32.1 Å². The first-order valence-corrected chi connectivity index (χ1v) is 9.72. The Labute approximate surface area is 152 Å².